The molecule has 0 N–H and O–H groups in total. The van der Waals surface area contributed by atoms with Crippen LogP contribution in [0.15, 0.2) is 48.5 Å². The van der Waals surface area contributed by atoms with Crippen LogP contribution in [0.4, 0.5) is 0 Å². The molecule has 2 aromatic rings. The van der Waals surface area contributed by atoms with Gasteiger partial charge in [0, 0.05) is 23.7 Å². The van der Waals surface area contributed by atoms with Gasteiger partial charge in [-0.3, -0.25) is 9.59 Å². The van der Waals surface area contributed by atoms with E-state index >= 15 is 0 Å². The van der Waals surface area contributed by atoms with Gasteiger partial charge >= 0.3 is 5.97 Å². The zero-order valence-corrected chi connectivity index (χ0v) is 19.0. The normalized spacial score (nSPS) is 19.0. The third-order valence-corrected chi connectivity index (χ3v) is 7.54. The average molecular weight is 458 g/mol. The van der Waals surface area contributed by atoms with E-state index in [0.717, 1.165) is 0 Å². The summed E-state index contributed by atoms with van der Waals surface area (Å²) >= 11 is 0. The van der Waals surface area contributed by atoms with E-state index in [4.69, 9.17) is 9.47 Å². The van der Waals surface area contributed by atoms with Crippen LogP contribution < -0.4 is 4.74 Å². The van der Waals surface area contributed by atoms with E-state index in [1.807, 2.05) is 50.2 Å². The van der Waals surface area contributed by atoms with Gasteiger partial charge in [-0.15, -0.1) is 0 Å². The molecule has 7 nitrogen and oxygen atoms in total. The molecule has 170 valence electrons. The van der Waals surface area contributed by atoms with Gasteiger partial charge in [-0.25, -0.2) is 8.42 Å². The molecular weight excluding hydrogens is 430 g/mol. The highest BCUT2D eigenvalue weighted by Crippen LogP contribution is 2.44. The number of fused-ring (bicyclic) bond motifs is 2. The van der Waals surface area contributed by atoms with Gasteiger partial charge in [-0.05, 0) is 24.5 Å². The summed E-state index contributed by atoms with van der Waals surface area (Å²) in [6, 6.07) is 14.2. The smallest absolute Gasteiger partial charge is 0.318 e. The molecule has 2 heterocycles. The molecule has 8 heteroatoms. The first-order valence-corrected chi connectivity index (χ1v) is 12.6. The fourth-order valence-electron chi connectivity index (χ4n) is 4.33. The van der Waals surface area contributed by atoms with Crippen molar-refractivity contribution in [3.8, 4) is 11.5 Å². The Morgan fingerprint density at radius 1 is 1.06 bits per heavy atom. The number of hydrogen-bond acceptors (Lipinski definition) is 6. The number of sulfone groups is 1. The minimum absolute atomic E-state index is 0.0415. The molecule has 0 saturated carbocycles. The monoisotopic (exact) mass is 457 g/mol. The van der Waals surface area contributed by atoms with E-state index < -0.39 is 28.3 Å². The van der Waals surface area contributed by atoms with Crippen molar-refractivity contribution >= 4 is 21.7 Å². The van der Waals surface area contributed by atoms with Gasteiger partial charge in [0.15, 0.2) is 16.4 Å². The van der Waals surface area contributed by atoms with E-state index in [0.29, 0.717) is 35.6 Å². The third kappa shape index (κ3) is 4.65. The highest BCUT2D eigenvalue weighted by atomic mass is 32.2. The topological polar surface area (TPSA) is 90.0 Å². The average Bonchev–Trinajstić information content (AvgIpc) is 3.13. The number of benzene rings is 2. The van der Waals surface area contributed by atoms with E-state index in [9.17, 15) is 18.0 Å². The van der Waals surface area contributed by atoms with Crippen LogP contribution in [0, 0.1) is 5.92 Å². The van der Waals surface area contributed by atoms with Gasteiger partial charge in [0.1, 0.15) is 17.4 Å². The maximum absolute atomic E-state index is 13.2. The number of ether oxygens (including phenoxy) is 2. The summed E-state index contributed by atoms with van der Waals surface area (Å²) in [7, 11) is -3.14. The lowest BCUT2D eigenvalue weighted by molar-refractivity contribution is -0.153. The molecule has 0 spiro atoms. The van der Waals surface area contributed by atoms with Crippen LogP contribution in [0.25, 0.3) is 0 Å². The SMILES string of the molecule is CC(C)CN(C(=O)COC(=O)C1c2ccccc2Oc2ccccc21)[C@@H]1CCS(=O)(=O)C1. The van der Waals surface area contributed by atoms with Gasteiger partial charge < -0.3 is 14.4 Å². The molecule has 2 aliphatic heterocycles. The molecule has 2 aromatic carbocycles. The van der Waals surface area contributed by atoms with Crippen LogP contribution in [0.1, 0.15) is 37.3 Å². The van der Waals surface area contributed by atoms with E-state index in [2.05, 4.69) is 0 Å². The predicted molar refractivity (Wildman–Crippen MR) is 119 cm³/mol. The Hall–Kier alpha value is -2.87. The summed E-state index contributed by atoms with van der Waals surface area (Å²) in [4.78, 5) is 27.7. The summed E-state index contributed by atoms with van der Waals surface area (Å²) in [5.74, 6) is -0.252. The Balaban J connectivity index is 1.51. The first-order valence-electron chi connectivity index (χ1n) is 10.8. The number of esters is 1. The van der Waals surface area contributed by atoms with Crippen molar-refractivity contribution in [2.75, 3.05) is 24.7 Å². The molecule has 0 radical (unpaired) electrons. The fraction of sp³-hybridized carbons (Fsp3) is 0.417. The van der Waals surface area contributed by atoms with Crippen LogP contribution >= 0.6 is 0 Å². The second kappa shape index (κ2) is 8.94. The summed E-state index contributed by atoms with van der Waals surface area (Å²) < 4.78 is 35.3. The molecule has 1 fully saturated rings. The summed E-state index contributed by atoms with van der Waals surface area (Å²) in [6.07, 6.45) is 0.412. The first-order chi connectivity index (χ1) is 15.2. The van der Waals surface area contributed by atoms with Gasteiger partial charge in [0.25, 0.3) is 5.91 Å². The van der Waals surface area contributed by atoms with Gasteiger partial charge in [0.2, 0.25) is 0 Å². The second-order valence-electron chi connectivity index (χ2n) is 8.72. The van der Waals surface area contributed by atoms with Crippen LogP contribution in [0.5, 0.6) is 11.5 Å². The summed E-state index contributed by atoms with van der Waals surface area (Å²) in [5.41, 5.74) is 1.37. The van der Waals surface area contributed by atoms with Crippen molar-refractivity contribution in [2.24, 2.45) is 5.92 Å². The molecule has 0 aromatic heterocycles. The maximum atomic E-state index is 13.2. The Kier molecular flexibility index (Phi) is 6.24. The number of nitrogens with zero attached hydrogens (tertiary/aromatic N) is 1. The van der Waals surface area contributed by atoms with Crippen LogP contribution in [-0.2, 0) is 24.2 Å². The Labute approximate surface area is 188 Å². The predicted octanol–water partition coefficient (Wildman–Crippen LogP) is 3.14. The Bertz CT molecular complexity index is 1080. The molecule has 0 bridgehead atoms. The van der Waals surface area contributed by atoms with Crippen molar-refractivity contribution < 1.29 is 27.5 Å². The molecule has 1 saturated heterocycles. The molecular formula is C24H27NO6S. The number of amides is 1. The minimum atomic E-state index is -3.14. The second-order valence-corrected chi connectivity index (χ2v) is 10.9. The van der Waals surface area contributed by atoms with Crippen molar-refractivity contribution in [2.45, 2.75) is 32.2 Å². The van der Waals surface area contributed by atoms with Crippen LogP contribution in [0.3, 0.4) is 0 Å². The van der Waals surface area contributed by atoms with E-state index in [1.165, 1.54) is 0 Å². The standard InChI is InChI=1S/C24H27NO6S/c1-16(2)13-25(17-11-12-32(28,29)15-17)22(26)14-30-24(27)23-18-7-3-5-9-20(18)31-21-10-6-4-8-19(21)23/h3-10,16-17,23H,11-15H2,1-2H3/t17-/m1/s1. The Morgan fingerprint density at radius 2 is 1.66 bits per heavy atom. The number of hydrogen-bond donors (Lipinski definition) is 0. The molecule has 1 amide bonds. The summed E-state index contributed by atoms with van der Waals surface area (Å²) in [6.45, 7) is 3.92. The number of rotatable bonds is 6. The highest BCUT2D eigenvalue weighted by molar-refractivity contribution is 7.91. The molecule has 1 atom stereocenters. The first kappa shape index (κ1) is 22.3. The van der Waals surface area contributed by atoms with E-state index in [1.54, 1.807) is 17.0 Å². The number of carbonyl (C=O) groups excluding carboxylic acids is 2. The van der Waals surface area contributed by atoms with Gasteiger partial charge in [-0.1, -0.05) is 50.2 Å². The van der Waals surface area contributed by atoms with Crippen LogP contribution in [0.2, 0.25) is 0 Å². The molecule has 4 rings (SSSR count). The molecule has 32 heavy (non-hydrogen) atoms. The summed E-state index contributed by atoms with van der Waals surface area (Å²) in [5, 5.41) is 0. The van der Waals surface area contributed by atoms with Crippen molar-refractivity contribution in [3.05, 3.63) is 59.7 Å². The zero-order valence-electron chi connectivity index (χ0n) is 18.2. The zero-order chi connectivity index (χ0) is 22.9. The Morgan fingerprint density at radius 3 is 2.19 bits per heavy atom. The van der Waals surface area contributed by atoms with Crippen LogP contribution in [-0.4, -0.2) is 55.9 Å². The third-order valence-electron chi connectivity index (χ3n) is 5.78. The number of carbonyl (C=O) groups is 2. The minimum Gasteiger partial charge on any atom is -0.457 e. The fourth-order valence-corrected chi connectivity index (χ4v) is 6.06. The van der Waals surface area contributed by atoms with Gasteiger partial charge in [0.05, 0.1) is 11.5 Å². The lowest BCUT2D eigenvalue weighted by atomic mass is 9.88. The maximum Gasteiger partial charge on any atom is 0.318 e. The lowest BCUT2D eigenvalue weighted by Gasteiger charge is -2.30. The molecule has 0 unspecified atom stereocenters. The molecule has 0 aliphatic carbocycles. The lowest BCUT2D eigenvalue weighted by Crippen LogP contribution is -2.45. The van der Waals surface area contributed by atoms with E-state index in [-0.39, 0.29) is 29.4 Å². The highest BCUT2D eigenvalue weighted by Gasteiger charge is 2.37. The number of para-hydroxylation sites is 2. The quantitative estimate of drug-likeness (QED) is 0.619. The molecule has 2 aliphatic rings. The van der Waals surface area contributed by atoms with Gasteiger partial charge in [-0.2, -0.15) is 0 Å². The van der Waals surface area contributed by atoms with Crippen molar-refractivity contribution in [1.82, 2.24) is 4.90 Å². The van der Waals surface area contributed by atoms with Crippen molar-refractivity contribution in [1.29, 1.82) is 0 Å². The van der Waals surface area contributed by atoms with Crippen molar-refractivity contribution in [3.63, 3.8) is 0 Å². The largest absolute Gasteiger partial charge is 0.457 e.